The number of methoxy groups -OCH3 is 1. The lowest BCUT2D eigenvalue weighted by atomic mass is 10.1. The highest BCUT2D eigenvalue weighted by atomic mass is 35.5. The Kier molecular flexibility index (Phi) is 4.66. The average molecular weight is 303 g/mol. The molecule has 0 N–H and O–H groups in total. The maximum atomic E-state index is 12.3. The van der Waals surface area contributed by atoms with Crippen LogP contribution in [-0.4, -0.2) is 11.7 Å². The van der Waals surface area contributed by atoms with Crippen LogP contribution >= 0.6 is 11.6 Å². The molecule has 0 bridgehead atoms. The molecule has 108 valence electrons. The summed E-state index contributed by atoms with van der Waals surface area (Å²) < 4.78 is 6.74. The van der Waals surface area contributed by atoms with Crippen molar-refractivity contribution in [3.05, 3.63) is 51.3 Å². The number of rotatable bonds is 4. The molecular weight excluding hydrogens is 288 g/mol. The second-order valence-corrected chi connectivity index (χ2v) is 4.96. The molecule has 5 heteroatoms. The number of nitrogens with zero attached hydrogens (tertiary/aromatic N) is 2. The predicted molar refractivity (Wildman–Crippen MR) is 82.7 cm³/mol. The van der Waals surface area contributed by atoms with Crippen LogP contribution in [-0.2, 0) is 6.54 Å². The fraction of sp³-hybridized carbons (Fsp3) is 0.250. The first-order chi connectivity index (χ1) is 10.1. The Bertz CT molecular complexity index is 760. The summed E-state index contributed by atoms with van der Waals surface area (Å²) in [6, 6.07) is 10.6. The molecule has 0 aliphatic rings. The van der Waals surface area contributed by atoms with Crippen LogP contribution in [0.2, 0.25) is 5.02 Å². The molecule has 0 radical (unpaired) electrons. The fourth-order valence-corrected chi connectivity index (χ4v) is 2.44. The molecule has 0 unspecified atom stereocenters. The Morgan fingerprint density at radius 2 is 2.10 bits per heavy atom. The molecule has 2 aromatic rings. The quantitative estimate of drug-likeness (QED) is 0.869. The zero-order chi connectivity index (χ0) is 15.4. The third-order valence-electron chi connectivity index (χ3n) is 3.19. The van der Waals surface area contributed by atoms with Crippen molar-refractivity contribution >= 4 is 11.6 Å². The Balaban J connectivity index is 2.64. The summed E-state index contributed by atoms with van der Waals surface area (Å²) in [6.07, 6.45) is 0.797. The zero-order valence-electron chi connectivity index (χ0n) is 11.9. The van der Waals surface area contributed by atoms with Crippen molar-refractivity contribution in [2.75, 3.05) is 7.11 Å². The zero-order valence-corrected chi connectivity index (χ0v) is 12.6. The second-order valence-electron chi connectivity index (χ2n) is 4.55. The first kappa shape index (κ1) is 15.1. The molecule has 0 atom stereocenters. The number of pyridine rings is 1. The van der Waals surface area contributed by atoms with E-state index >= 15 is 0 Å². The minimum Gasteiger partial charge on any atom is -0.495 e. The second kappa shape index (κ2) is 6.47. The molecule has 0 saturated carbocycles. The van der Waals surface area contributed by atoms with E-state index < -0.39 is 0 Å². The number of nitriles is 1. The maximum absolute atomic E-state index is 12.3. The van der Waals surface area contributed by atoms with Crippen molar-refractivity contribution in [3.63, 3.8) is 0 Å². The van der Waals surface area contributed by atoms with E-state index in [4.69, 9.17) is 21.6 Å². The molecule has 4 nitrogen and oxygen atoms in total. The van der Waals surface area contributed by atoms with Crippen molar-refractivity contribution in [2.45, 2.75) is 19.9 Å². The first-order valence-electron chi connectivity index (χ1n) is 6.60. The third kappa shape index (κ3) is 2.93. The van der Waals surface area contributed by atoms with Crippen LogP contribution in [0.1, 0.15) is 18.9 Å². The van der Waals surface area contributed by atoms with Gasteiger partial charge in [-0.2, -0.15) is 5.26 Å². The van der Waals surface area contributed by atoms with E-state index in [0.29, 0.717) is 17.3 Å². The van der Waals surface area contributed by atoms with Crippen LogP contribution in [0.3, 0.4) is 0 Å². The lowest BCUT2D eigenvalue weighted by molar-refractivity contribution is 0.415. The van der Waals surface area contributed by atoms with Gasteiger partial charge in [0.2, 0.25) is 0 Å². The van der Waals surface area contributed by atoms with E-state index in [2.05, 4.69) is 0 Å². The van der Waals surface area contributed by atoms with Gasteiger partial charge in [-0.1, -0.05) is 18.5 Å². The number of hydrogen-bond acceptors (Lipinski definition) is 3. The molecule has 0 spiro atoms. The lowest BCUT2D eigenvalue weighted by Gasteiger charge is -2.13. The monoisotopic (exact) mass is 302 g/mol. The number of halogens is 1. The summed E-state index contributed by atoms with van der Waals surface area (Å²) >= 11 is 6.14. The normalized spacial score (nSPS) is 10.2. The van der Waals surface area contributed by atoms with Gasteiger partial charge >= 0.3 is 0 Å². The van der Waals surface area contributed by atoms with Gasteiger partial charge in [0.15, 0.2) is 0 Å². The standard InChI is InChI=1S/C16H15ClN2O2/c1-3-8-19-14(6-4-12(10-18)16(19)20)11-5-7-15(21-2)13(17)9-11/h4-7,9H,3,8H2,1-2H3. The molecule has 1 aromatic heterocycles. The highest BCUT2D eigenvalue weighted by Gasteiger charge is 2.11. The van der Waals surface area contributed by atoms with Crippen LogP contribution in [0.15, 0.2) is 35.1 Å². The van der Waals surface area contributed by atoms with Gasteiger partial charge in [-0.3, -0.25) is 4.79 Å². The molecule has 2 rings (SSSR count). The summed E-state index contributed by atoms with van der Waals surface area (Å²) in [7, 11) is 1.55. The minimum atomic E-state index is -0.274. The molecule has 0 aliphatic heterocycles. The lowest BCUT2D eigenvalue weighted by Crippen LogP contribution is -2.23. The van der Waals surface area contributed by atoms with Gasteiger partial charge in [0.25, 0.3) is 5.56 Å². The van der Waals surface area contributed by atoms with Crippen molar-refractivity contribution in [2.24, 2.45) is 0 Å². The van der Waals surface area contributed by atoms with E-state index in [9.17, 15) is 4.79 Å². The average Bonchev–Trinajstić information content (AvgIpc) is 2.49. The molecule has 0 fully saturated rings. The largest absolute Gasteiger partial charge is 0.495 e. The highest BCUT2D eigenvalue weighted by Crippen LogP contribution is 2.29. The van der Waals surface area contributed by atoms with Crippen LogP contribution in [0, 0.1) is 11.3 Å². The number of ether oxygens (including phenoxy) is 1. The first-order valence-corrected chi connectivity index (χ1v) is 6.98. The molecule has 0 aliphatic carbocycles. The summed E-state index contributed by atoms with van der Waals surface area (Å²) in [5, 5.41) is 9.47. The molecule has 1 aromatic carbocycles. The van der Waals surface area contributed by atoms with E-state index in [1.165, 1.54) is 0 Å². The summed E-state index contributed by atoms with van der Waals surface area (Å²) in [6.45, 7) is 2.53. The van der Waals surface area contributed by atoms with Crippen molar-refractivity contribution in [3.8, 4) is 23.1 Å². The number of benzene rings is 1. The van der Waals surface area contributed by atoms with Crippen LogP contribution in [0.5, 0.6) is 5.75 Å². The van der Waals surface area contributed by atoms with E-state index in [1.54, 1.807) is 35.9 Å². The van der Waals surface area contributed by atoms with E-state index in [1.807, 2.05) is 19.1 Å². The SMILES string of the molecule is CCCn1c(-c2ccc(OC)c(Cl)c2)ccc(C#N)c1=O. The topological polar surface area (TPSA) is 55.0 Å². The Labute approximate surface area is 128 Å². The van der Waals surface area contributed by atoms with E-state index in [0.717, 1.165) is 17.7 Å². The highest BCUT2D eigenvalue weighted by molar-refractivity contribution is 6.32. The maximum Gasteiger partial charge on any atom is 0.268 e. The predicted octanol–water partition coefficient (Wildman–Crippen LogP) is 3.46. The molecular formula is C16H15ClN2O2. The van der Waals surface area contributed by atoms with Crippen LogP contribution < -0.4 is 10.3 Å². The van der Waals surface area contributed by atoms with Crippen molar-refractivity contribution in [1.29, 1.82) is 5.26 Å². The van der Waals surface area contributed by atoms with Gasteiger partial charge in [0.05, 0.1) is 17.8 Å². The summed E-state index contributed by atoms with van der Waals surface area (Å²) in [4.78, 5) is 12.3. The van der Waals surface area contributed by atoms with E-state index in [-0.39, 0.29) is 11.1 Å². The smallest absolute Gasteiger partial charge is 0.268 e. The number of aromatic nitrogens is 1. The molecule has 21 heavy (non-hydrogen) atoms. The third-order valence-corrected chi connectivity index (χ3v) is 3.48. The van der Waals surface area contributed by atoms with Crippen molar-refractivity contribution in [1.82, 2.24) is 4.57 Å². The van der Waals surface area contributed by atoms with Gasteiger partial charge in [0, 0.05) is 6.54 Å². The van der Waals surface area contributed by atoms with Crippen LogP contribution in [0.25, 0.3) is 11.3 Å². The van der Waals surface area contributed by atoms with Gasteiger partial charge in [-0.15, -0.1) is 0 Å². The van der Waals surface area contributed by atoms with Crippen molar-refractivity contribution < 1.29 is 4.74 Å². The van der Waals surface area contributed by atoms with Crippen LogP contribution in [0.4, 0.5) is 0 Å². The minimum absolute atomic E-state index is 0.145. The summed E-state index contributed by atoms with van der Waals surface area (Å²) in [5.41, 5.74) is 1.43. The molecule has 0 saturated heterocycles. The Morgan fingerprint density at radius 3 is 2.67 bits per heavy atom. The molecule has 1 heterocycles. The fourth-order valence-electron chi connectivity index (χ4n) is 2.19. The summed E-state index contributed by atoms with van der Waals surface area (Å²) in [5.74, 6) is 0.582. The molecule has 0 amide bonds. The van der Waals surface area contributed by atoms with Gasteiger partial charge in [0.1, 0.15) is 17.4 Å². The Morgan fingerprint density at radius 1 is 1.33 bits per heavy atom. The Hall–Kier alpha value is -2.25. The number of hydrogen-bond donors (Lipinski definition) is 0. The van der Waals surface area contributed by atoms with Gasteiger partial charge in [-0.25, -0.2) is 0 Å². The van der Waals surface area contributed by atoms with Gasteiger partial charge in [-0.05, 0) is 42.3 Å². The van der Waals surface area contributed by atoms with Gasteiger partial charge < -0.3 is 9.30 Å².